The van der Waals surface area contributed by atoms with Crippen molar-refractivity contribution in [3.63, 3.8) is 0 Å². The molecule has 0 aromatic carbocycles. The van der Waals surface area contributed by atoms with Gasteiger partial charge in [0.05, 0.1) is 12.2 Å². The fourth-order valence-electron chi connectivity index (χ4n) is 1.24. The minimum atomic E-state index is -0.170. The second-order valence-corrected chi connectivity index (χ2v) is 5.04. The Morgan fingerprint density at radius 2 is 2.00 bits per heavy atom. The molecule has 0 radical (unpaired) electrons. The maximum atomic E-state index is 5.87. The lowest BCUT2D eigenvalue weighted by Crippen LogP contribution is -2.27. The third-order valence-corrected chi connectivity index (χ3v) is 2.37. The lowest BCUT2D eigenvalue weighted by atomic mass is 9.99. The van der Waals surface area contributed by atoms with Crippen molar-refractivity contribution in [3.05, 3.63) is 24.3 Å². The van der Waals surface area contributed by atoms with E-state index in [9.17, 15) is 0 Å². The van der Waals surface area contributed by atoms with Gasteiger partial charge in [0.2, 0.25) is 0 Å². The van der Waals surface area contributed by atoms with E-state index in [4.69, 9.17) is 4.74 Å². The van der Waals surface area contributed by atoms with Gasteiger partial charge in [-0.2, -0.15) is 0 Å². The standard InChI is InChI=1S/C14H26O/c1-7-14(6,15-11-13(4)5)10-8-9-12(2)3/h7,9,13H,1,8,10-11H2,2-6H3. The van der Waals surface area contributed by atoms with Crippen LogP contribution in [-0.2, 0) is 4.74 Å². The summed E-state index contributed by atoms with van der Waals surface area (Å²) in [6.45, 7) is 15.4. The zero-order chi connectivity index (χ0) is 11.9. The predicted octanol–water partition coefficient (Wildman–Crippen LogP) is 4.35. The Balaban J connectivity index is 4.07. The summed E-state index contributed by atoms with van der Waals surface area (Å²) < 4.78 is 5.87. The van der Waals surface area contributed by atoms with Crippen molar-refractivity contribution in [2.24, 2.45) is 5.92 Å². The molecular weight excluding hydrogens is 184 g/mol. The van der Waals surface area contributed by atoms with E-state index in [-0.39, 0.29) is 5.60 Å². The molecule has 88 valence electrons. The molecule has 0 heterocycles. The molecule has 1 atom stereocenters. The average Bonchev–Trinajstić information content (AvgIpc) is 2.14. The summed E-state index contributed by atoms with van der Waals surface area (Å²) in [5, 5.41) is 0. The van der Waals surface area contributed by atoms with Crippen LogP contribution < -0.4 is 0 Å². The van der Waals surface area contributed by atoms with Crippen molar-refractivity contribution in [1.29, 1.82) is 0 Å². The van der Waals surface area contributed by atoms with Crippen LogP contribution in [0.5, 0.6) is 0 Å². The Hall–Kier alpha value is -0.560. The van der Waals surface area contributed by atoms with Crippen molar-refractivity contribution < 1.29 is 4.74 Å². The monoisotopic (exact) mass is 210 g/mol. The number of allylic oxidation sites excluding steroid dienone is 2. The highest BCUT2D eigenvalue weighted by atomic mass is 16.5. The van der Waals surface area contributed by atoms with Gasteiger partial charge in [0.1, 0.15) is 0 Å². The van der Waals surface area contributed by atoms with E-state index in [1.54, 1.807) is 0 Å². The van der Waals surface area contributed by atoms with Crippen molar-refractivity contribution in [2.75, 3.05) is 6.61 Å². The third kappa shape index (κ3) is 7.38. The van der Waals surface area contributed by atoms with Gasteiger partial charge in [0.25, 0.3) is 0 Å². The zero-order valence-corrected chi connectivity index (χ0v) is 11.0. The Morgan fingerprint density at radius 3 is 2.40 bits per heavy atom. The summed E-state index contributed by atoms with van der Waals surface area (Å²) >= 11 is 0. The van der Waals surface area contributed by atoms with E-state index in [0.29, 0.717) is 5.92 Å². The average molecular weight is 210 g/mol. The van der Waals surface area contributed by atoms with Gasteiger partial charge in [0, 0.05) is 0 Å². The lowest BCUT2D eigenvalue weighted by molar-refractivity contribution is -0.0136. The summed E-state index contributed by atoms with van der Waals surface area (Å²) in [5.74, 6) is 0.577. The second-order valence-electron chi connectivity index (χ2n) is 5.04. The summed E-state index contributed by atoms with van der Waals surface area (Å²) in [5.41, 5.74) is 1.20. The molecule has 0 aromatic rings. The highest BCUT2D eigenvalue weighted by molar-refractivity contribution is 4.99. The third-order valence-electron chi connectivity index (χ3n) is 2.37. The van der Waals surface area contributed by atoms with E-state index >= 15 is 0 Å². The van der Waals surface area contributed by atoms with Gasteiger partial charge in [-0.1, -0.05) is 31.6 Å². The molecule has 0 aliphatic carbocycles. The van der Waals surface area contributed by atoms with E-state index in [1.807, 2.05) is 6.08 Å². The second kappa shape index (κ2) is 6.84. The highest BCUT2D eigenvalue weighted by Crippen LogP contribution is 2.20. The first kappa shape index (κ1) is 14.4. The molecule has 1 heteroatoms. The first-order valence-electron chi connectivity index (χ1n) is 5.80. The van der Waals surface area contributed by atoms with Crippen molar-refractivity contribution in [2.45, 2.75) is 53.1 Å². The summed E-state index contributed by atoms with van der Waals surface area (Å²) in [6.07, 6.45) is 6.24. The summed E-state index contributed by atoms with van der Waals surface area (Å²) in [4.78, 5) is 0. The SMILES string of the molecule is C=CC(C)(CCC=C(C)C)OCC(C)C. The molecule has 0 amide bonds. The minimum Gasteiger partial charge on any atom is -0.371 e. The molecule has 0 aromatic heterocycles. The van der Waals surface area contributed by atoms with Gasteiger partial charge >= 0.3 is 0 Å². The van der Waals surface area contributed by atoms with Crippen LogP contribution in [0.3, 0.4) is 0 Å². The molecule has 1 unspecified atom stereocenters. The molecule has 15 heavy (non-hydrogen) atoms. The van der Waals surface area contributed by atoms with Crippen LogP contribution in [-0.4, -0.2) is 12.2 Å². The van der Waals surface area contributed by atoms with Crippen LogP contribution in [0.25, 0.3) is 0 Å². The maximum absolute atomic E-state index is 5.87. The molecule has 0 spiro atoms. The highest BCUT2D eigenvalue weighted by Gasteiger charge is 2.20. The fourth-order valence-corrected chi connectivity index (χ4v) is 1.24. The topological polar surface area (TPSA) is 9.23 Å². The van der Waals surface area contributed by atoms with Gasteiger partial charge < -0.3 is 4.74 Å². The molecule has 0 N–H and O–H groups in total. The van der Waals surface area contributed by atoms with Crippen molar-refractivity contribution in [3.8, 4) is 0 Å². The van der Waals surface area contributed by atoms with E-state index in [0.717, 1.165) is 19.4 Å². The molecule has 0 saturated carbocycles. The van der Waals surface area contributed by atoms with Crippen molar-refractivity contribution in [1.82, 2.24) is 0 Å². The Labute approximate surface area is 95.2 Å². The van der Waals surface area contributed by atoms with Gasteiger partial charge in [-0.15, -0.1) is 6.58 Å². The van der Waals surface area contributed by atoms with Crippen LogP contribution in [0.4, 0.5) is 0 Å². The number of hydrogen-bond acceptors (Lipinski definition) is 1. The molecule has 0 aliphatic heterocycles. The van der Waals surface area contributed by atoms with Gasteiger partial charge in [0.15, 0.2) is 0 Å². The molecule has 1 nitrogen and oxygen atoms in total. The molecule has 0 fully saturated rings. The molecule has 0 rings (SSSR count). The number of rotatable bonds is 7. The van der Waals surface area contributed by atoms with Crippen LogP contribution in [0.15, 0.2) is 24.3 Å². The smallest absolute Gasteiger partial charge is 0.0834 e. The van der Waals surface area contributed by atoms with Crippen LogP contribution >= 0.6 is 0 Å². The molecular formula is C14H26O. The summed E-state index contributed by atoms with van der Waals surface area (Å²) in [7, 11) is 0. The molecule has 0 aliphatic rings. The minimum absolute atomic E-state index is 0.170. The van der Waals surface area contributed by atoms with E-state index < -0.39 is 0 Å². The lowest BCUT2D eigenvalue weighted by Gasteiger charge is -2.27. The predicted molar refractivity (Wildman–Crippen MR) is 68.1 cm³/mol. The van der Waals surface area contributed by atoms with Crippen molar-refractivity contribution >= 4 is 0 Å². The maximum Gasteiger partial charge on any atom is 0.0834 e. The molecule has 0 bridgehead atoms. The Kier molecular flexibility index (Phi) is 6.58. The molecule has 0 saturated heterocycles. The number of ether oxygens (including phenoxy) is 1. The zero-order valence-electron chi connectivity index (χ0n) is 11.0. The van der Waals surface area contributed by atoms with Gasteiger partial charge in [-0.05, 0) is 39.5 Å². The van der Waals surface area contributed by atoms with E-state index in [2.05, 4.69) is 47.3 Å². The van der Waals surface area contributed by atoms with E-state index in [1.165, 1.54) is 5.57 Å². The fraction of sp³-hybridized carbons (Fsp3) is 0.714. The van der Waals surface area contributed by atoms with Gasteiger partial charge in [-0.3, -0.25) is 0 Å². The normalized spacial score (nSPS) is 14.8. The van der Waals surface area contributed by atoms with Crippen LogP contribution in [0, 0.1) is 5.92 Å². The quantitative estimate of drug-likeness (QED) is 0.568. The van der Waals surface area contributed by atoms with Crippen LogP contribution in [0.1, 0.15) is 47.5 Å². The Bertz CT molecular complexity index is 211. The summed E-state index contributed by atoms with van der Waals surface area (Å²) in [6, 6.07) is 0. The van der Waals surface area contributed by atoms with Gasteiger partial charge in [-0.25, -0.2) is 0 Å². The first-order chi connectivity index (χ1) is 6.89. The van der Waals surface area contributed by atoms with Crippen LogP contribution in [0.2, 0.25) is 0 Å². The Morgan fingerprint density at radius 1 is 1.40 bits per heavy atom. The number of hydrogen-bond donors (Lipinski definition) is 0. The first-order valence-corrected chi connectivity index (χ1v) is 5.80. The largest absolute Gasteiger partial charge is 0.371 e.